The Morgan fingerprint density at radius 1 is 1.29 bits per heavy atom. The van der Waals surface area contributed by atoms with Crippen LogP contribution in [0.3, 0.4) is 0 Å². The Morgan fingerprint density at radius 2 is 2.12 bits per heavy atom. The van der Waals surface area contributed by atoms with Crippen LogP contribution in [0.2, 0.25) is 0 Å². The molecule has 0 aliphatic carbocycles. The Kier molecular flexibility index (Phi) is 4.99. The van der Waals surface area contributed by atoms with Gasteiger partial charge in [-0.3, -0.25) is 14.4 Å². The number of amides is 1. The monoisotopic (exact) mass is 331 g/mol. The lowest BCUT2D eigenvalue weighted by Crippen LogP contribution is -2.35. The minimum absolute atomic E-state index is 0.0498. The average Bonchev–Trinajstić information content (AvgIpc) is 3.05. The smallest absolute Gasteiger partial charge is 0.259 e. The standard InChI is InChI=1S/C17H25N5O2/c1-4-15-16(13(2)24-19-15)17(23)22-7-5-6-21(8-9-22)12-14-10-18-20(3)11-14/h10-11H,4-9,12H2,1-3H3. The summed E-state index contributed by atoms with van der Waals surface area (Å²) in [5.41, 5.74) is 2.62. The predicted molar refractivity (Wildman–Crippen MR) is 89.6 cm³/mol. The van der Waals surface area contributed by atoms with Crippen molar-refractivity contribution < 1.29 is 9.32 Å². The van der Waals surface area contributed by atoms with Gasteiger partial charge in [-0.15, -0.1) is 0 Å². The highest BCUT2D eigenvalue weighted by atomic mass is 16.5. The number of hydrogen-bond acceptors (Lipinski definition) is 5. The fourth-order valence-corrected chi connectivity index (χ4v) is 3.24. The van der Waals surface area contributed by atoms with Gasteiger partial charge >= 0.3 is 0 Å². The number of aromatic nitrogens is 3. The second kappa shape index (κ2) is 7.17. The Labute approximate surface area is 142 Å². The van der Waals surface area contributed by atoms with Crippen molar-refractivity contribution in [2.24, 2.45) is 7.05 Å². The van der Waals surface area contributed by atoms with Crippen LogP contribution in [0, 0.1) is 6.92 Å². The van der Waals surface area contributed by atoms with Crippen LogP contribution in [-0.4, -0.2) is 56.8 Å². The molecular formula is C17H25N5O2. The maximum Gasteiger partial charge on any atom is 0.259 e. The highest BCUT2D eigenvalue weighted by Gasteiger charge is 2.26. The van der Waals surface area contributed by atoms with Gasteiger partial charge in [0, 0.05) is 51.5 Å². The highest BCUT2D eigenvalue weighted by molar-refractivity contribution is 5.96. The molecule has 3 rings (SSSR count). The molecule has 1 saturated heterocycles. The van der Waals surface area contributed by atoms with E-state index in [1.54, 1.807) is 0 Å². The summed E-state index contributed by atoms with van der Waals surface area (Å²) >= 11 is 0. The van der Waals surface area contributed by atoms with Crippen LogP contribution in [0.1, 0.15) is 40.7 Å². The third kappa shape index (κ3) is 3.51. The van der Waals surface area contributed by atoms with Crippen molar-refractivity contribution in [1.82, 2.24) is 24.7 Å². The van der Waals surface area contributed by atoms with Gasteiger partial charge in [0.25, 0.3) is 5.91 Å². The van der Waals surface area contributed by atoms with Crippen molar-refractivity contribution in [2.75, 3.05) is 26.2 Å². The van der Waals surface area contributed by atoms with E-state index in [4.69, 9.17) is 4.52 Å². The summed E-state index contributed by atoms with van der Waals surface area (Å²) in [7, 11) is 1.93. The zero-order chi connectivity index (χ0) is 17.1. The molecule has 0 bridgehead atoms. The normalized spacial score (nSPS) is 16.4. The van der Waals surface area contributed by atoms with Gasteiger partial charge in [-0.25, -0.2) is 0 Å². The third-order valence-electron chi connectivity index (χ3n) is 4.52. The number of carbonyl (C=O) groups excluding carboxylic acids is 1. The molecule has 0 atom stereocenters. The van der Waals surface area contributed by atoms with E-state index in [9.17, 15) is 4.79 Å². The molecule has 0 radical (unpaired) electrons. The summed E-state index contributed by atoms with van der Waals surface area (Å²) in [5.74, 6) is 0.669. The minimum atomic E-state index is 0.0498. The van der Waals surface area contributed by atoms with Gasteiger partial charge in [0.15, 0.2) is 0 Å². The van der Waals surface area contributed by atoms with Gasteiger partial charge in [0.05, 0.1) is 11.9 Å². The lowest BCUT2D eigenvalue weighted by atomic mass is 10.1. The zero-order valence-corrected chi connectivity index (χ0v) is 14.7. The fourth-order valence-electron chi connectivity index (χ4n) is 3.24. The van der Waals surface area contributed by atoms with E-state index >= 15 is 0 Å². The second-order valence-electron chi connectivity index (χ2n) is 6.36. The molecule has 0 saturated carbocycles. The number of hydrogen-bond donors (Lipinski definition) is 0. The number of nitrogens with zero attached hydrogens (tertiary/aromatic N) is 5. The molecule has 0 N–H and O–H groups in total. The topological polar surface area (TPSA) is 67.4 Å². The van der Waals surface area contributed by atoms with Crippen LogP contribution in [0.4, 0.5) is 0 Å². The summed E-state index contributed by atoms with van der Waals surface area (Å²) in [6, 6.07) is 0. The molecule has 7 nitrogen and oxygen atoms in total. The van der Waals surface area contributed by atoms with E-state index in [1.165, 1.54) is 5.56 Å². The fraction of sp³-hybridized carbons (Fsp3) is 0.588. The lowest BCUT2D eigenvalue weighted by Gasteiger charge is -2.21. The van der Waals surface area contributed by atoms with Gasteiger partial charge in [0.2, 0.25) is 0 Å². The van der Waals surface area contributed by atoms with E-state index in [0.29, 0.717) is 17.7 Å². The number of rotatable bonds is 4. The Bertz CT molecular complexity index is 706. The van der Waals surface area contributed by atoms with Gasteiger partial charge < -0.3 is 9.42 Å². The number of aryl methyl sites for hydroxylation is 3. The molecule has 1 aliphatic rings. The molecule has 24 heavy (non-hydrogen) atoms. The summed E-state index contributed by atoms with van der Waals surface area (Å²) in [6.07, 6.45) is 5.63. The zero-order valence-electron chi connectivity index (χ0n) is 14.7. The summed E-state index contributed by atoms with van der Waals surface area (Å²) < 4.78 is 7.04. The van der Waals surface area contributed by atoms with Gasteiger partial charge in [0.1, 0.15) is 11.3 Å². The molecule has 7 heteroatoms. The summed E-state index contributed by atoms with van der Waals surface area (Å²) in [5, 5.41) is 8.22. The SMILES string of the molecule is CCc1noc(C)c1C(=O)N1CCCN(Cc2cnn(C)c2)CC1. The van der Waals surface area contributed by atoms with Crippen molar-refractivity contribution in [3.05, 3.63) is 35.0 Å². The molecule has 3 heterocycles. The van der Waals surface area contributed by atoms with E-state index in [0.717, 1.165) is 44.8 Å². The van der Waals surface area contributed by atoms with Crippen molar-refractivity contribution in [1.29, 1.82) is 0 Å². The first-order valence-electron chi connectivity index (χ1n) is 8.52. The van der Waals surface area contributed by atoms with Crippen LogP contribution in [0.5, 0.6) is 0 Å². The highest BCUT2D eigenvalue weighted by Crippen LogP contribution is 2.18. The first kappa shape index (κ1) is 16.7. The van der Waals surface area contributed by atoms with E-state index in [2.05, 4.69) is 15.2 Å². The predicted octanol–water partition coefficient (Wildman–Crippen LogP) is 1.63. The molecule has 0 spiro atoms. The Balaban J connectivity index is 1.64. The molecule has 130 valence electrons. The van der Waals surface area contributed by atoms with E-state index < -0.39 is 0 Å². The molecule has 1 fully saturated rings. The van der Waals surface area contributed by atoms with Gasteiger partial charge in [-0.05, 0) is 19.8 Å². The van der Waals surface area contributed by atoms with Crippen LogP contribution >= 0.6 is 0 Å². The summed E-state index contributed by atoms with van der Waals surface area (Å²) in [6.45, 7) is 8.04. The Morgan fingerprint density at radius 3 is 2.83 bits per heavy atom. The quantitative estimate of drug-likeness (QED) is 0.852. The molecule has 1 amide bonds. The van der Waals surface area contributed by atoms with Crippen LogP contribution < -0.4 is 0 Å². The number of carbonyl (C=O) groups is 1. The molecular weight excluding hydrogens is 306 g/mol. The maximum atomic E-state index is 12.9. The molecule has 2 aromatic heterocycles. The van der Waals surface area contributed by atoms with Crippen LogP contribution in [-0.2, 0) is 20.0 Å². The van der Waals surface area contributed by atoms with Crippen molar-refractivity contribution in [2.45, 2.75) is 33.2 Å². The average molecular weight is 331 g/mol. The molecule has 1 aliphatic heterocycles. The third-order valence-corrected chi connectivity index (χ3v) is 4.52. The first-order valence-corrected chi connectivity index (χ1v) is 8.52. The molecule has 0 unspecified atom stereocenters. The lowest BCUT2D eigenvalue weighted by molar-refractivity contribution is 0.0758. The first-order chi connectivity index (χ1) is 11.6. The molecule has 0 aromatic carbocycles. The second-order valence-corrected chi connectivity index (χ2v) is 6.36. The maximum absolute atomic E-state index is 12.9. The van der Waals surface area contributed by atoms with Crippen molar-refractivity contribution >= 4 is 5.91 Å². The largest absolute Gasteiger partial charge is 0.361 e. The minimum Gasteiger partial charge on any atom is -0.361 e. The molecule has 2 aromatic rings. The van der Waals surface area contributed by atoms with Gasteiger partial charge in [-0.1, -0.05) is 12.1 Å². The van der Waals surface area contributed by atoms with E-state index in [-0.39, 0.29) is 5.91 Å². The van der Waals surface area contributed by atoms with Crippen LogP contribution in [0.15, 0.2) is 16.9 Å². The summed E-state index contributed by atoms with van der Waals surface area (Å²) in [4.78, 5) is 17.2. The van der Waals surface area contributed by atoms with Crippen molar-refractivity contribution in [3.8, 4) is 0 Å². The van der Waals surface area contributed by atoms with Crippen LogP contribution in [0.25, 0.3) is 0 Å². The van der Waals surface area contributed by atoms with Gasteiger partial charge in [-0.2, -0.15) is 5.10 Å². The van der Waals surface area contributed by atoms with Crippen molar-refractivity contribution in [3.63, 3.8) is 0 Å². The van der Waals surface area contributed by atoms with E-state index in [1.807, 2.05) is 42.9 Å². The Hall–Kier alpha value is -2.15.